The molecular weight excluding hydrogens is 240 g/mol. The van der Waals surface area contributed by atoms with Gasteiger partial charge in [0.2, 0.25) is 0 Å². The van der Waals surface area contributed by atoms with Crippen LogP contribution in [0.4, 0.5) is 5.82 Å². The van der Waals surface area contributed by atoms with Crippen LogP contribution in [0.3, 0.4) is 0 Å². The quantitative estimate of drug-likeness (QED) is 0.868. The van der Waals surface area contributed by atoms with Crippen LogP contribution in [0, 0.1) is 13.8 Å². The molecular formula is C14H20N4O. The van der Waals surface area contributed by atoms with Gasteiger partial charge in [-0.1, -0.05) is 0 Å². The fourth-order valence-electron chi connectivity index (χ4n) is 2.73. The maximum Gasteiger partial charge on any atom is 0.151 e. The van der Waals surface area contributed by atoms with Gasteiger partial charge < -0.3 is 15.1 Å². The number of aromatic amines is 1. The predicted molar refractivity (Wildman–Crippen MR) is 75.2 cm³/mol. The summed E-state index contributed by atoms with van der Waals surface area (Å²) in [5, 5.41) is 7.50. The Balaban J connectivity index is 1.85. The van der Waals surface area contributed by atoms with E-state index < -0.39 is 0 Å². The number of anilines is 1. The van der Waals surface area contributed by atoms with Crippen LogP contribution >= 0.6 is 0 Å². The topological polar surface area (TPSA) is 71.1 Å². The van der Waals surface area contributed by atoms with E-state index in [1.165, 1.54) is 0 Å². The molecule has 1 fully saturated rings. The minimum Gasteiger partial charge on any atom is -0.466 e. The summed E-state index contributed by atoms with van der Waals surface area (Å²) in [5.74, 6) is 2.81. The number of aryl methyl sites for hydroxylation is 2. The second-order valence-electron chi connectivity index (χ2n) is 5.32. The summed E-state index contributed by atoms with van der Waals surface area (Å²) in [5.41, 5.74) is 8.10. The maximum atomic E-state index is 6.01. The molecule has 0 aliphatic carbocycles. The third-order valence-corrected chi connectivity index (χ3v) is 3.68. The van der Waals surface area contributed by atoms with E-state index in [9.17, 15) is 0 Å². The smallest absolute Gasteiger partial charge is 0.151 e. The maximum absolute atomic E-state index is 6.01. The van der Waals surface area contributed by atoms with E-state index in [2.05, 4.69) is 21.2 Å². The van der Waals surface area contributed by atoms with E-state index in [-0.39, 0.29) is 6.04 Å². The first-order valence-electron chi connectivity index (χ1n) is 6.77. The molecule has 1 aliphatic heterocycles. The molecule has 0 bridgehead atoms. The Morgan fingerprint density at radius 3 is 2.95 bits per heavy atom. The molecule has 19 heavy (non-hydrogen) atoms. The second-order valence-corrected chi connectivity index (χ2v) is 5.32. The van der Waals surface area contributed by atoms with Crippen molar-refractivity contribution in [2.75, 3.05) is 18.0 Å². The lowest BCUT2D eigenvalue weighted by Crippen LogP contribution is -2.43. The van der Waals surface area contributed by atoms with Crippen molar-refractivity contribution in [3.8, 4) is 11.3 Å². The van der Waals surface area contributed by atoms with Crippen LogP contribution in [0.2, 0.25) is 0 Å². The number of furan rings is 1. The molecule has 0 spiro atoms. The van der Waals surface area contributed by atoms with Gasteiger partial charge in [0.15, 0.2) is 5.82 Å². The van der Waals surface area contributed by atoms with Gasteiger partial charge in [0.1, 0.15) is 11.5 Å². The van der Waals surface area contributed by atoms with Crippen LogP contribution in [0.15, 0.2) is 16.5 Å². The molecule has 0 radical (unpaired) electrons. The molecule has 1 saturated heterocycles. The summed E-state index contributed by atoms with van der Waals surface area (Å²) in [4.78, 5) is 2.25. The minimum atomic E-state index is 0.256. The molecule has 2 aromatic heterocycles. The molecule has 1 aliphatic rings. The first-order valence-corrected chi connectivity index (χ1v) is 6.77. The molecule has 0 aromatic carbocycles. The van der Waals surface area contributed by atoms with Gasteiger partial charge in [-0.2, -0.15) is 5.10 Å². The molecule has 3 heterocycles. The van der Waals surface area contributed by atoms with Gasteiger partial charge in [0.25, 0.3) is 0 Å². The monoisotopic (exact) mass is 260 g/mol. The Morgan fingerprint density at radius 2 is 2.26 bits per heavy atom. The molecule has 3 N–H and O–H groups in total. The Morgan fingerprint density at radius 1 is 1.42 bits per heavy atom. The van der Waals surface area contributed by atoms with E-state index in [0.717, 1.165) is 54.5 Å². The summed E-state index contributed by atoms with van der Waals surface area (Å²) >= 11 is 0. The highest BCUT2D eigenvalue weighted by Gasteiger charge is 2.20. The summed E-state index contributed by atoms with van der Waals surface area (Å²) in [6.07, 6.45) is 2.24. The molecule has 5 heteroatoms. The standard InChI is InChI=1S/C14H20N4O/c1-9-6-12(10(2)19-9)13-7-14(17-16-13)18-5-3-4-11(15)8-18/h6-7,11H,3-5,8,15H2,1-2H3,(H,16,17). The zero-order chi connectivity index (χ0) is 13.4. The molecule has 102 valence electrons. The lowest BCUT2D eigenvalue weighted by molar-refractivity contribution is 0.503. The fourth-order valence-corrected chi connectivity index (χ4v) is 2.73. The molecule has 1 unspecified atom stereocenters. The van der Waals surface area contributed by atoms with Crippen molar-refractivity contribution in [3.63, 3.8) is 0 Å². The van der Waals surface area contributed by atoms with E-state index >= 15 is 0 Å². The predicted octanol–water partition coefficient (Wildman–Crippen LogP) is 2.21. The number of aromatic nitrogens is 2. The Bertz CT molecular complexity index is 572. The second kappa shape index (κ2) is 4.74. The fraction of sp³-hybridized carbons (Fsp3) is 0.500. The van der Waals surface area contributed by atoms with Crippen molar-refractivity contribution in [1.29, 1.82) is 0 Å². The van der Waals surface area contributed by atoms with Crippen LogP contribution in [-0.4, -0.2) is 29.3 Å². The lowest BCUT2D eigenvalue weighted by Gasteiger charge is -2.30. The molecule has 0 amide bonds. The van der Waals surface area contributed by atoms with Crippen molar-refractivity contribution < 1.29 is 4.42 Å². The van der Waals surface area contributed by atoms with Gasteiger partial charge in [-0.3, -0.25) is 5.10 Å². The largest absolute Gasteiger partial charge is 0.466 e. The summed E-state index contributed by atoms with van der Waals surface area (Å²) in [7, 11) is 0. The average Bonchev–Trinajstić information content (AvgIpc) is 2.96. The third-order valence-electron chi connectivity index (χ3n) is 3.68. The number of hydrogen-bond acceptors (Lipinski definition) is 4. The van der Waals surface area contributed by atoms with Gasteiger partial charge in [0.05, 0.1) is 5.69 Å². The number of nitrogens with one attached hydrogen (secondary N) is 1. The number of H-pyrrole nitrogens is 1. The minimum absolute atomic E-state index is 0.256. The summed E-state index contributed by atoms with van der Waals surface area (Å²) in [6, 6.07) is 4.37. The highest BCUT2D eigenvalue weighted by Crippen LogP contribution is 2.28. The van der Waals surface area contributed by atoms with E-state index in [1.54, 1.807) is 0 Å². The molecule has 3 rings (SSSR count). The molecule has 2 aromatic rings. The molecule has 5 nitrogen and oxygen atoms in total. The number of piperidine rings is 1. The van der Waals surface area contributed by atoms with Gasteiger partial charge in [-0.25, -0.2) is 0 Å². The molecule has 1 atom stereocenters. The summed E-state index contributed by atoms with van der Waals surface area (Å²) in [6.45, 7) is 5.84. The Labute approximate surface area is 112 Å². The lowest BCUT2D eigenvalue weighted by atomic mass is 10.1. The first-order chi connectivity index (χ1) is 9.13. The molecule has 0 saturated carbocycles. The average molecular weight is 260 g/mol. The van der Waals surface area contributed by atoms with Crippen molar-refractivity contribution in [1.82, 2.24) is 10.2 Å². The number of hydrogen-bond donors (Lipinski definition) is 2. The zero-order valence-corrected chi connectivity index (χ0v) is 11.4. The van der Waals surface area contributed by atoms with Gasteiger partial charge >= 0.3 is 0 Å². The van der Waals surface area contributed by atoms with Crippen LogP contribution in [-0.2, 0) is 0 Å². The van der Waals surface area contributed by atoms with Crippen molar-refractivity contribution >= 4 is 5.82 Å². The van der Waals surface area contributed by atoms with Crippen molar-refractivity contribution in [2.24, 2.45) is 5.73 Å². The summed E-state index contributed by atoms with van der Waals surface area (Å²) < 4.78 is 5.56. The van der Waals surface area contributed by atoms with Crippen LogP contribution in [0.5, 0.6) is 0 Å². The van der Waals surface area contributed by atoms with Crippen LogP contribution in [0.25, 0.3) is 11.3 Å². The SMILES string of the molecule is Cc1cc(-c2cc(N3CCCC(N)C3)n[nH]2)c(C)o1. The number of nitrogens with zero attached hydrogens (tertiary/aromatic N) is 2. The first kappa shape index (κ1) is 12.3. The van der Waals surface area contributed by atoms with Crippen LogP contribution in [0.1, 0.15) is 24.4 Å². The van der Waals surface area contributed by atoms with Crippen LogP contribution < -0.4 is 10.6 Å². The third kappa shape index (κ3) is 2.38. The Hall–Kier alpha value is -1.75. The normalized spacial score (nSPS) is 19.9. The zero-order valence-electron chi connectivity index (χ0n) is 11.4. The highest BCUT2D eigenvalue weighted by atomic mass is 16.3. The van der Waals surface area contributed by atoms with Gasteiger partial charge in [0, 0.05) is 30.8 Å². The Kier molecular flexibility index (Phi) is 3.06. The van der Waals surface area contributed by atoms with Gasteiger partial charge in [-0.05, 0) is 32.8 Å². The highest BCUT2D eigenvalue weighted by molar-refractivity contribution is 5.65. The van der Waals surface area contributed by atoms with Crippen molar-refractivity contribution in [3.05, 3.63) is 23.7 Å². The van der Waals surface area contributed by atoms with Crippen molar-refractivity contribution in [2.45, 2.75) is 32.7 Å². The van der Waals surface area contributed by atoms with Gasteiger partial charge in [-0.15, -0.1) is 0 Å². The number of rotatable bonds is 2. The van der Waals surface area contributed by atoms with E-state index in [0.29, 0.717) is 0 Å². The number of nitrogens with two attached hydrogens (primary N) is 1. The van der Waals surface area contributed by atoms with E-state index in [4.69, 9.17) is 10.2 Å². The van der Waals surface area contributed by atoms with E-state index in [1.807, 2.05) is 19.9 Å².